The third-order valence-electron chi connectivity index (χ3n) is 1.63. The van der Waals surface area contributed by atoms with Crippen LogP contribution in [0.1, 0.15) is 0 Å². The Labute approximate surface area is 194 Å². The SMILES string of the molecule is NN.O=[N+]([O-])[Co-3]([N+](=O)[O-])([N+](=O)[O-])([N+](=O)[O-])([N+](=O)[O-])[N+](=O)[O-].[Na+].[Na+].[Na+]. The monoisotopic (exact) mass is 436 g/mol. The van der Waals surface area contributed by atoms with Crippen LogP contribution in [0.25, 0.3) is 0 Å². The summed E-state index contributed by atoms with van der Waals surface area (Å²) in [4.78, 5) is 63.2. The fraction of sp³-hybridized carbons (Fsp3) is 0. The third kappa shape index (κ3) is 2.65. The van der Waals surface area contributed by atoms with E-state index in [1.165, 1.54) is 0 Å². The maximum Gasteiger partial charge on any atom is 1.00 e. The van der Waals surface area contributed by atoms with E-state index in [0.717, 1.165) is 0 Å². The van der Waals surface area contributed by atoms with Gasteiger partial charge in [-0.2, -0.15) is 0 Å². The number of nitrogens with two attached hydrogens (primary N) is 2. The molecule has 0 fully saturated rings. The van der Waals surface area contributed by atoms with E-state index < -0.39 is 35.7 Å². The van der Waals surface area contributed by atoms with Gasteiger partial charge < -0.3 is 0 Å². The topological polar surface area (TPSA) is 311 Å². The molecule has 128 valence electrons. The van der Waals surface area contributed by atoms with Gasteiger partial charge in [-0.3, -0.25) is 11.7 Å². The summed E-state index contributed by atoms with van der Waals surface area (Å²) < 4.78 is -19.6. The first-order valence-corrected chi connectivity index (χ1v) is 6.21. The Morgan fingerprint density at radius 3 is 0.542 bits per heavy atom. The molecular formula is H4CoN8Na3O12. The quantitative estimate of drug-likeness (QED) is 0.169. The van der Waals surface area contributed by atoms with E-state index in [0.29, 0.717) is 0 Å². The summed E-state index contributed by atoms with van der Waals surface area (Å²) in [6.45, 7) is 0. The molecular weight excluding hydrogens is 432 g/mol. The minimum Gasteiger partial charge on any atom is 1.00 e. The van der Waals surface area contributed by atoms with Crippen LogP contribution in [-0.4, -0.2) is 23.8 Å². The number of hydrazine groups is 1. The minimum absolute atomic E-state index is 0. The van der Waals surface area contributed by atoms with E-state index in [2.05, 4.69) is 11.7 Å². The Balaban J connectivity index is -0.000000231. The van der Waals surface area contributed by atoms with Gasteiger partial charge in [0.15, 0.2) is 0 Å². The van der Waals surface area contributed by atoms with Crippen LogP contribution in [0.4, 0.5) is 0 Å². The Kier molecular flexibility index (Phi) is 14.7. The van der Waals surface area contributed by atoms with Crippen molar-refractivity contribution in [2.24, 2.45) is 11.7 Å². The minimum atomic E-state index is -10.3. The Hall–Kier alpha value is -0.174. The molecule has 0 aliphatic rings. The molecule has 0 amide bonds. The van der Waals surface area contributed by atoms with Crippen LogP contribution in [0.3, 0.4) is 0 Å². The van der Waals surface area contributed by atoms with Crippen molar-refractivity contribution < 1.29 is 124 Å². The molecule has 0 aromatic carbocycles. The van der Waals surface area contributed by atoms with Crippen molar-refractivity contribution >= 4 is 0 Å². The van der Waals surface area contributed by atoms with Crippen molar-refractivity contribution in [3.63, 3.8) is 0 Å². The van der Waals surface area contributed by atoms with Crippen molar-refractivity contribution in [2.45, 2.75) is 0 Å². The standard InChI is InChI=1S/Co.H4N2.6NO2.3Na/c;1-2;6*2-1-3;;;/h;1-2H2;;;;;;;;;/q-3;;;;;;;;3*+1. The van der Waals surface area contributed by atoms with Crippen LogP contribution in [-0.2, 0) is 11.8 Å². The molecule has 0 unspecified atom stereocenters. The molecule has 0 saturated carbocycles. The average Bonchev–Trinajstić information content (AvgIpc) is 2.30. The van der Waals surface area contributed by atoms with Gasteiger partial charge in [0.1, 0.15) is 0 Å². The predicted molar refractivity (Wildman–Crippen MR) is 50.3 cm³/mol. The van der Waals surface area contributed by atoms with Gasteiger partial charge in [-0.1, -0.05) is 0 Å². The third-order valence-corrected chi connectivity index (χ3v) is 6.73. The van der Waals surface area contributed by atoms with Gasteiger partial charge in [0, 0.05) is 0 Å². The van der Waals surface area contributed by atoms with Gasteiger partial charge >= 0.3 is 185 Å². The summed E-state index contributed by atoms with van der Waals surface area (Å²) in [5.74, 6) is 8.00. The molecule has 0 heterocycles. The van der Waals surface area contributed by atoms with E-state index in [-0.39, 0.29) is 88.7 Å². The molecule has 0 aromatic heterocycles. The summed E-state index contributed by atoms with van der Waals surface area (Å²) in [7, 11) is 0. The molecule has 0 aliphatic carbocycles. The van der Waals surface area contributed by atoms with Crippen molar-refractivity contribution in [1.82, 2.24) is 0 Å². The summed E-state index contributed by atoms with van der Waals surface area (Å²) in [5, 5.41) is 63.2. The van der Waals surface area contributed by atoms with E-state index in [1.807, 2.05) is 0 Å². The number of rotatable bonds is 6. The van der Waals surface area contributed by atoms with Gasteiger partial charge in [0.2, 0.25) is 0 Å². The fourth-order valence-corrected chi connectivity index (χ4v) is 2.75. The first-order valence-electron chi connectivity index (χ1n) is 3.42. The van der Waals surface area contributed by atoms with Crippen molar-refractivity contribution in [3.05, 3.63) is 60.7 Å². The second-order valence-electron chi connectivity index (χ2n) is 2.18. The van der Waals surface area contributed by atoms with E-state index in [9.17, 15) is 60.7 Å². The summed E-state index contributed by atoms with van der Waals surface area (Å²) >= 11 is -10.3. The van der Waals surface area contributed by atoms with Crippen LogP contribution in [0.5, 0.6) is 0 Å². The molecule has 0 atom stereocenters. The molecule has 0 aromatic rings. The van der Waals surface area contributed by atoms with Crippen molar-refractivity contribution in [2.75, 3.05) is 0 Å². The zero-order chi connectivity index (χ0) is 17.9. The second-order valence-corrected chi connectivity index (χ2v) is 7.58. The van der Waals surface area contributed by atoms with Gasteiger partial charge in [-0.05, 0) is 0 Å². The molecule has 24 heteroatoms. The zero-order valence-electron chi connectivity index (χ0n) is 12.1. The average molecular weight is 436 g/mol. The van der Waals surface area contributed by atoms with Crippen LogP contribution in [0.15, 0.2) is 0 Å². The number of hydrogen-bond acceptors (Lipinski definition) is 14. The smallest absolute Gasteiger partial charge is 1.00 e. The molecule has 24 heavy (non-hydrogen) atoms. The molecule has 0 aliphatic heterocycles. The van der Waals surface area contributed by atoms with Crippen molar-refractivity contribution in [1.29, 1.82) is 0 Å². The first kappa shape index (κ1) is 35.0. The van der Waals surface area contributed by atoms with Crippen LogP contribution >= 0.6 is 0 Å². The predicted octanol–water partition coefficient (Wildman–Crippen LogP) is -11.8. The normalized spacial score (nSPS) is 11.8. The van der Waals surface area contributed by atoms with Crippen LogP contribution < -0.4 is 100 Å². The molecule has 0 spiro atoms. The first-order chi connectivity index (χ1) is 9.34. The largest absolute Gasteiger partial charge is 1.00 e. The molecule has 0 rings (SSSR count). The molecule has 0 bridgehead atoms. The number of nitrogens with zero attached hydrogens (tertiary/aromatic N) is 6. The zero-order valence-corrected chi connectivity index (χ0v) is 19.1. The van der Waals surface area contributed by atoms with E-state index in [1.54, 1.807) is 0 Å². The van der Waals surface area contributed by atoms with Crippen LogP contribution in [0.2, 0.25) is 0 Å². The molecule has 4 N–H and O–H groups in total. The molecule has 0 saturated heterocycles. The van der Waals surface area contributed by atoms with Gasteiger partial charge in [0.05, 0.1) is 0 Å². The molecule has 0 radical (unpaired) electrons. The Bertz CT molecular complexity index is 441. The number of nitro groups is 6. The van der Waals surface area contributed by atoms with E-state index >= 15 is 0 Å². The summed E-state index contributed by atoms with van der Waals surface area (Å²) in [6.07, 6.45) is 0. The van der Waals surface area contributed by atoms with Gasteiger partial charge in [-0.15, -0.1) is 0 Å². The summed E-state index contributed by atoms with van der Waals surface area (Å²) in [6, 6.07) is 0. The second kappa shape index (κ2) is 10.1. The van der Waals surface area contributed by atoms with Crippen molar-refractivity contribution in [3.8, 4) is 0 Å². The van der Waals surface area contributed by atoms with Gasteiger partial charge in [0.25, 0.3) is 0 Å². The Morgan fingerprint density at radius 1 is 0.458 bits per heavy atom. The van der Waals surface area contributed by atoms with Gasteiger partial charge in [-0.25, -0.2) is 0 Å². The maximum absolute atomic E-state index is 10.5. The maximum atomic E-state index is 10.5. The fourth-order valence-electron chi connectivity index (χ4n) is 0.667. The van der Waals surface area contributed by atoms with Crippen LogP contribution in [0, 0.1) is 60.7 Å². The Morgan fingerprint density at radius 2 is 0.542 bits per heavy atom. The van der Waals surface area contributed by atoms with E-state index in [4.69, 9.17) is 0 Å². The number of hydrogen-bond donors (Lipinski definition) is 2. The molecule has 20 nitrogen and oxygen atoms in total. The summed E-state index contributed by atoms with van der Waals surface area (Å²) in [5.41, 5.74) is 0.